The maximum atomic E-state index is 12.6. The van der Waals surface area contributed by atoms with E-state index in [9.17, 15) is 14.4 Å². The normalized spacial score (nSPS) is 17.9. The number of benzene rings is 2. The molecule has 0 aromatic heterocycles. The average Bonchev–Trinajstić information content (AvgIpc) is 2.72. The number of nitrogens with one attached hydrogen (secondary N) is 1. The van der Waals surface area contributed by atoms with Gasteiger partial charge in [-0.15, -0.1) is 0 Å². The van der Waals surface area contributed by atoms with Crippen LogP contribution in [0.15, 0.2) is 53.5 Å². The molecule has 3 rings (SSSR count). The summed E-state index contributed by atoms with van der Waals surface area (Å²) < 4.78 is 5.12. The number of amidine groups is 1. The smallest absolute Gasteiger partial charge is 0.335 e. The predicted molar refractivity (Wildman–Crippen MR) is 111 cm³/mol. The van der Waals surface area contributed by atoms with E-state index in [1.165, 1.54) is 40.9 Å². The fourth-order valence-electron chi connectivity index (χ4n) is 2.58. The molecule has 2 aromatic carbocycles. The first kappa shape index (κ1) is 20.4. The molecule has 1 aliphatic rings. The molecule has 2 N–H and O–H groups in total. The molecule has 150 valence electrons. The molecule has 1 aliphatic heterocycles. The van der Waals surface area contributed by atoms with E-state index in [1.54, 1.807) is 38.4 Å². The lowest BCUT2D eigenvalue weighted by atomic mass is 10.2. The van der Waals surface area contributed by atoms with E-state index in [0.717, 1.165) is 0 Å². The van der Waals surface area contributed by atoms with E-state index in [4.69, 9.17) is 9.84 Å². The zero-order chi connectivity index (χ0) is 21.0. The predicted octanol–water partition coefficient (Wildman–Crippen LogP) is 2.98. The number of hydrogen-bond acceptors (Lipinski definition) is 6. The summed E-state index contributed by atoms with van der Waals surface area (Å²) in [7, 11) is 3.19. The van der Waals surface area contributed by atoms with Gasteiger partial charge >= 0.3 is 5.97 Å². The molecule has 1 fully saturated rings. The fraction of sp³-hybridized carbons (Fsp3) is 0.200. The number of thioether (sulfide) groups is 1. The van der Waals surface area contributed by atoms with E-state index < -0.39 is 11.2 Å². The Morgan fingerprint density at radius 2 is 1.83 bits per heavy atom. The molecule has 1 saturated heterocycles. The number of amides is 2. The third kappa shape index (κ3) is 4.94. The number of aromatic carboxylic acids is 1. The van der Waals surface area contributed by atoms with Crippen LogP contribution in [0.2, 0.25) is 0 Å². The zero-order valence-corrected chi connectivity index (χ0v) is 16.6. The van der Waals surface area contributed by atoms with Gasteiger partial charge in [0, 0.05) is 19.2 Å². The number of nitrogens with zero attached hydrogens (tertiary/aromatic N) is 2. The van der Waals surface area contributed by atoms with Gasteiger partial charge in [-0.3, -0.25) is 14.5 Å². The van der Waals surface area contributed by atoms with E-state index in [0.29, 0.717) is 22.3 Å². The highest BCUT2D eigenvalue weighted by atomic mass is 32.2. The molecule has 0 spiro atoms. The van der Waals surface area contributed by atoms with Crippen LogP contribution in [0.5, 0.6) is 5.75 Å². The average molecular weight is 413 g/mol. The fourth-order valence-corrected chi connectivity index (χ4v) is 3.65. The van der Waals surface area contributed by atoms with Crippen molar-refractivity contribution in [1.82, 2.24) is 4.90 Å². The third-order valence-electron chi connectivity index (χ3n) is 4.26. The summed E-state index contributed by atoms with van der Waals surface area (Å²) >= 11 is 1.20. The van der Waals surface area contributed by atoms with Crippen LogP contribution < -0.4 is 10.1 Å². The van der Waals surface area contributed by atoms with Gasteiger partial charge in [0.1, 0.15) is 11.0 Å². The standard InChI is InChI=1S/C20H19N3O5S/c1-23-17(24)11-16(18(25)21-13-5-3-12(4-6-13)19(26)27)29-20(23)22-14-7-9-15(28-2)10-8-14/h3-10,16H,11H2,1-2H3,(H,21,25)(H,26,27). The highest BCUT2D eigenvalue weighted by molar-refractivity contribution is 8.15. The highest BCUT2D eigenvalue weighted by Crippen LogP contribution is 2.29. The maximum Gasteiger partial charge on any atom is 0.335 e. The van der Waals surface area contributed by atoms with Crippen molar-refractivity contribution in [3.05, 3.63) is 54.1 Å². The summed E-state index contributed by atoms with van der Waals surface area (Å²) in [6.45, 7) is 0. The third-order valence-corrected chi connectivity index (χ3v) is 5.50. The molecule has 0 saturated carbocycles. The lowest BCUT2D eigenvalue weighted by Gasteiger charge is -2.28. The van der Waals surface area contributed by atoms with Crippen LogP contribution in [0, 0.1) is 0 Å². The Morgan fingerprint density at radius 1 is 1.17 bits per heavy atom. The molecule has 1 unspecified atom stereocenters. The number of rotatable bonds is 5. The van der Waals surface area contributed by atoms with Gasteiger partial charge in [-0.1, -0.05) is 11.8 Å². The van der Waals surface area contributed by atoms with Crippen molar-refractivity contribution in [2.24, 2.45) is 4.99 Å². The monoisotopic (exact) mass is 413 g/mol. The Hall–Kier alpha value is -3.33. The molecular formula is C20H19N3O5S. The summed E-state index contributed by atoms with van der Waals surface area (Å²) in [4.78, 5) is 41.8. The van der Waals surface area contributed by atoms with Crippen LogP contribution in [0.25, 0.3) is 0 Å². The number of anilines is 1. The number of ether oxygens (including phenoxy) is 1. The van der Waals surface area contributed by atoms with Crippen molar-refractivity contribution in [3.63, 3.8) is 0 Å². The molecule has 29 heavy (non-hydrogen) atoms. The minimum atomic E-state index is -1.04. The molecule has 9 heteroatoms. The summed E-state index contributed by atoms with van der Waals surface area (Å²) in [5.41, 5.74) is 1.22. The van der Waals surface area contributed by atoms with Gasteiger partial charge in [-0.2, -0.15) is 0 Å². The number of carboxylic acid groups (broad SMARTS) is 1. The van der Waals surface area contributed by atoms with Crippen LogP contribution in [0.3, 0.4) is 0 Å². The summed E-state index contributed by atoms with van der Waals surface area (Å²) in [5, 5.41) is 11.4. The quantitative estimate of drug-likeness (QED) is 0.780. The van der Waals surface area contributed by atoms with Gasteiger partial charge in [-0.25, -0.2) is 9.79 Å². The van der Waals surface area contributed by atoms with Crippen molar-refractivity contribution in [2.75, 3.05) is 19.5 Å². The summed E-state index contributed by atoms with van der Waals surface area (Å²) in [6.07, 6.45) is 0.0435. The maximum absolute atomic E-state index is 12.6. The Labute approximate surface area is 171 Å². The molecule has 1 heterocycles. The first-order valence-corrected chi connectivity index (χ1v) is 9.55. The lowest BCUT2D eigenvalue weighted by molar-refractivity contribution is -0.128. The van der Waals surface area contributed by atoms with E-state index >= 15 is 0 Å². The van der Waals surface area contributed by atoms with Crippen molar-refractivity contribution in [3.8, 4) is 5.75 Å². The number of carbonyl (C=O) groups excluding carboxylic acids is 2. The molecular weight excluding hydrogens is 394 g/mol. The molecule has 8 nitrogen and oxygen atoms in total. The van der Waals surface area contributed by atoms with Crippen molar-refractivity contribution in [2.45, 2.75) is 11.7 Å². The first-order chi connectivity index (χ1) is 13.9. The number of methoxy groups -OCH3 is 1. The SMILES string of the molecule is COc1ccc(N=C2SC(C(=O)Nc3ccc(C(=O)O)cc3)CC(=O)N2C)cc1. The van der Waals surface area contributed by atoms with Crippen LogP contribution in [0.4, 0.5) is 11.4 Å². The van der Waals surface area contributed by atoms with Crippen molar-refractivity contribution in [1.29, 1.82) is 0 Å². The van der Waals surface area contributed by atoms with Gasteiger partial charge in [0.2, 0.25) is 11.8 Å². The highest BCUT2D eigenvalue weighted by Gasteiger charge is 2.34. The minimum absolute atomic E-state index is 0.0435. The number of aliphatic imine (C=N–C) groups is 1. The minimum Gasteiger partial charge on any atom is -0.497 e. The largest absolute Gasteiger partial charge is 0.497 e. The molecule has 2 amide bonds. The van der Waals surface area contributed by atoms with Crippen LogP contribution in [-0.4, -0.2) is 52.4 Å². The molecule has 1 atom stereocenters. The van der Waals surface area contributed by atoms with Gasteiger partial charge in [0.15, 0.2) is 5.17 Å². The summed E-state index contributed by atoms with van der Waals surface area (Å²) in [6, 6.07) is 12.9. The Morgan fingerprint density at radius 3 is 2.41 bits per heavy atom. The van der Waals surface area contributed by atoms with E-state index in [-0.39, 0.29) is 23.8 Å². The number of hydrogen-bond donors (Lipinski definition) is 2. The molecule has 0 radical (unpaired) electrons. The second-order valence-electron chi connectivity index (χ2n) is 6.23. The van der Waals surface area contributed by atoms with Crippen molar-refractivity contribution >= 4 is 46.1 Å². The van der Waals surface area contributed by atoms with E-state index in [1.807, 2.05) is 0 Å². The van der Waals surface area contributed by atoms with Crippen LogP contribution >= 0.6 is 11.8 Å². The van der Waals surface area contributed by atoms with Crippen molar-refractivity contribution < 1.29 is 24.2 Å². The molecule has 0 bridgehead atoms. The second kappa shape index (κ2) is 8.78. The van der Waals surface area contributed by atoms with E-state index in [2.05, 4.69) is 10.3 Å². The van der Waals surface area contributed by atoms with Gasteiger partial charge in [-0.05, 0) is 48.5 Å². The first-order valence-electron chi connectivity index (χ1n) is 8.67. The zero-order valence-electron chi connectivity index (χ0n) is 15.8. The Balaban J connectivity index is 1.73. The lowest BCUT2D eigenvalue weighted by Crippen LogP contribution is -2.43. The van der Waals surface area contributed by atoms with Gasteiger partial charge in [0.05, 0.1) is 18.4 Å². The molecule has 0 aliphatic carbocycles. The molecule has 2 aromatic rings. The van der Waals surface area contributed by atoms with Crippen LogP contribution in [0.1, 0.15) is 16.8 Å². The Kier molecular flexibility index (Phi) is 6.18. The van der Waals surface area contributed by atoms with Crippen LogP contribution in [-0.2, 0) is 9.59 Å². The van der Waals surface area contributed by atoms with Gasteiger partial charge < -0.3 is 15.2 Å². The number of carboxylic acids is 1. The summed E-state index contributed by atoms with van der Waals surface area (Å²) in [5.74, 6) is -0.904. The topological polar surface area (TPSA) is 108 Å². The Bertz CT molecular complexity index is 957. The second-order valence-corrected chi connectivity index (χ2v) is 7.40. The number of carbonyl (C=O) groups is 3. The van der Waals surface area contributed by atoms with Gasteiger partial charge in [0.25, 0.3) is 0 Å².